The minimum absolute atomic E-state index is 0.0115. The van der Waals surface area contributed by atoms with Crippen molar-refractivity contribution in [2.75, 3.05) is 30.8 Å². The van der Waals surface area contributed by atoms with Gasteiger partial charge in [0.2, 0.25) is 21.8 Å². The number of carbonyl (C=O) groups excluding carboxylic acids is 2. The zero-order valence-electron chi connectivity index (χ0n) is 20.3. The van der Waals surface area contributed by atoms with Crippen LogP contribution in [0.5, 0.6) is 5.75 Å². The van der Waals surface area contributed by atoms with Crippen LogP contribution in [0.3, 0.4) is 0 Å². The van der Waals surface area contributed by atoms with Gasteiger partial charge in [0.05, 0.1) is 24.1 Å². The van der Waals surface area contributed by atoms with E-state index in [9.17, 15) is 22.4 Å². The molecule has 0 bridgehead atoms. The molecule has 0 radical (unpaired) electrons. The zero-order valence-corrected chi connectivity index (χ0v) is 21.8. The predicted octanol–water partition coefficient (Wildman–Crippen LogP) is 3.59. The first-order chi connectivity index (χ1) is 16.5. The number of amides is 2. The summed E-state index contributed by atoms with van der Waals surface area (Å²) in [5.74, 6) is -1.06. The number of rotatable bonds is 12. The smallest absolute Gasteiger partial charge is 0.244 e. The van der Waals surface area contributed by atoms with Crippen molar-refractivity contribution in [3.05, 3.63) is 58.9 Å². The highest BCUT2D eigenvalue weighted by Gasteiger charge is 2.30. The van der Waals surface area contributed by atoms with Crippen LogP contribution in [0, 0.1) is 5.82 Å². The molecule has 192 valence electrons. The Morgan fingerprint density at radius 1 is 1.17 bits per heavy atom. The fourth-order valence-corrected chi connectivity index (χ4v) is 4.42. The maximum absolute atomic E-state index is 13.4. The second-order valence-corrected chi connectivity index (χ2v) is 10.4. The van der Waals surface area contributed by atoms with Gasteiger partial charge in [-0.05, 0) is 49.2 Å². The quantitative estimate of drug-likeness (QED) is 0.426. The topological polar surface area (TPSA) is 96.0 Å². The van der Waals surface area contributed by atoms with Gasteiger partial charge in [0.15, 0.2) is 0 Å². The maximum Gasteiger partial charge on any atom is 0.244 e. The molecule has 35 heavy (non-hydrogen) atoms. The normalized spacial score (nSPS) is 12.1. The van der Waals surface area contributed by atoms with Crippen molar-refractivity contribution in [3.8, 4) is 5.75 Å². The van der Waals surface area contributed by atoms with Gasteiger partial charge in [-0.2, -0.15) is 0 Å². The molecule has 0 aromatic heterocycles. The number of nitrogens with zero attached hydrogens (tertiary/aromatic N) is 2. The van der Waals surface area contributed by atoms with Crippen LogP contribution < -0.4 is 14.4 Å². The molecule has 1 unspecified atom stereocenters. The lowest BCUT2D eigenvalue weighted by Gasteiger charge is -2.31. The highest BCUT2D eigenvalue weighted by atomic mass is 35.5. The van der Waals surface area contributed by atoms with Crippen LogP contribution in [0.15, 0.2) is 42.5 Å². The summed E-state index contributed by atoms with van der Waals surface area (Å²) in [4.78, 5) is 27.5. The van der Waals surface area contributed by atoms with E-state index in [0.29, 0.717) is 17.9 Å². The fraction of sp³-hybridized carbons (Fsp3) is 0.417. The highest BCUT2D eigenvalue weighted by molar-refractivity contribution is 7.92. The van der Waals surface area contributed by atoms with Gasteiger partial charge in [0.25, 0.3) is 0 Å². The first-order valence-electron chi connectivity index (χ1n) is 11.1. The lowest BCUT2D eigenvalue weighted by molar-refractivity contribution is -0.139. The summed E-state index contributed by atoms with van der Waals surface area (Å²) >= 11 is 6.17. The van der Waals surface area contributed by atoms with Crippen molar-refractivity contribution in [2.24, 2.45) is 0 Å². The molecule has 8 nitrogen and oxygen atoms in total. The van der Waals surface area contributed by atoms with Gasteiger partial charge in [0.1, 0.15) is 24.2 Å². The summed E-state index contributed by atoms with van der Waals surface area (Å²) in [5, 5.41) is 2.97. The van der Waals surface area contributed by atoms with E-state index in [1.54, 1.807) is 6.92 Å². The number of anilines is 1. The molecule has 0 fully saturated rings. The summed E-state index contributed by atoms with van der Waals surface area (Å²) in [6, 6.07) is 9.00. The van der Waals surface area contributed by atoms with Crippen LogP contribution in [-0.4, -0.2) is 57.6 Å². The van der Waals surface area contributed by atoms with Gasteiger partial charge < -0.3 is 15.0 Å². The summed E-state index contributed by atoms with van der Waals surface area (Å²) in [6.45, 7) is 3.44. The monoisotopic (exact) mass is 527 g/mol. The standard InChI is InChI=1S/C24H31ClFN3O5S/c1-5-6-13-27-24(31)17(2)28(15-18-7-9-19(26)10-8-18)23(30)16-29(35(4,32)33)20-11-12-22(34-3)21(25)14-20/h7-12,14,17H,5-6,13,15-16H2,1-4H3,(H,27,31). The molecule has 11 heteroatoms. The minimum Gasteiger partial charge on any atom is -0.495 e. The third kappa shape index (κ3) is 8.10. The van der Waals surface area contributed by atoms with Gasteiger partial charge in [-0.15, -0.1) is 0 Å². The van der Waals surface area contributed by atoms with Crippen molar-refractivity contribution in [1.29, 1.82) is 0 Å². The molecule has 0 saturated heterocycles. The van der Waals surface area contributed by atoms with Crippen molar-refractivity contribution in [2.45, 2.75) is 39.3 Å². The van der Waals surface area contributed by atoms with Crippen molar-refractivity contribution >= 4 is 39.1 Å². The van der Waals surface area contributed by atoms with E-state index >= 15 is 0 Å². The molecular formula is C24H31ClFN3O5S. The molecule has 2 aromatic rings. The number of sulfonamides is 1. The number of nitrogens with one attached hydrogen (secondary N) is 1. The number of benzene rings is 2. The van der Waals surface area contributed by atoms with Gasteiger partial charge in [-0.25, -0.2) is 12.8 Å². The average molecular weight is 528 g/mol. The summed E-state index contributed by atoms with van der Waals surface area (Å²) in [5.41, 5.74) is 0.764. The predicted molar refractivity (Wildman–Crippen MR) is 135 cm³/mol. The molecule has 2 amide bonds. The first kappa shape index (κ1) is 28.4. The number of ether oxygens (including phenoxy) is 1. The molecule has 0 aliphatic rings. The van der Waals surface area contributed by atoms with E-state index in [1.165, 1.54) is 54.5 Å². The molecule has 1 N–H and O–H groups in total. The Balaban J connectivity index is 2.36. The first-order valence-corrected chi connectivity index (χ1v) is 13.3. The molecule has 0 heterocycles. The number of methoxy groups -OCH3 is 1. The minimum atomic E-state index is -3.89. The number of halogens is 2. The zero-order chi connectivity index (χ0) is 26.2. The molecule has 1 atom stereocenters. The largest absolute Gasteiger partial charge is 0.495 e. The second kappa shape index (κ2) is 12.7. The molecule has 2 rings (SSSR count). The van der Waals surface area contributed by atoms with Crippen LogP contribution in [0.1, 0.15) is 32.3 Å². The van der Waals surface area contributed by atoms with E-state index in [-0.39, 0.29) is 23.2 Å². The summed E-state index contributed by atoms with van der Waals surface area (Å²) in [7, 11) is -2.46. The van der Waals surface area contributed by atoms with E-state index in [1.807, 2.05) is 6.92 Å². The number of hydrogen-bond donors (Lipinski definition) is 1. The van der Waals surface area contributed by atoms with E-state index in [0.717, 1.165) is 23.4 Å². The Kier molecular flexibility index (Phi) is 10.3. The Morgan fingerprint density at radius 2 is 1.83 bits per heavy atom. The SMILES string of the molecule is CCCCNC(=O)C(C)N(Cc1ccc(F)cc1)C(=O)CN(c1ccc(OC)c(Cl)c1)S(C)(=O)=O. The van der Waals surface area contributed by atoms with Crippen LogP contribution in [0.2, 0.25) is 5.02 Å². The molecule has 0 spiro atoms. The van der Waals surface area contributed by atoms with Gasteiger partial charge in [-0.1, -0.05) is 37.1 Å². The summed E-state index contributed by atoms with van der Waals surface area (Å²) < 4.78 is 44.6. The fourth-order valence-electron chi connectivity index (χ4n) is 3.33. The number of hydrogen-bond acceptors (Lipinski definition) is 5. The Bertz CT molecular complexity index is 1130. The average Bonchev–Trinajstić information content (AvgIpc) is 2.80. The Morgan fingerprint density at radius 3 is 2.37 bits per heavy atom. The second-order valence-electron chi connectivity index (χ2n) is 8.06. The van der Waals surface area contributed by atoms with E-state index in [4.69, 9.17) is 16.3 Å². The van der Waals surface area contributed by atoms with Crippen molar-refractivity contribution in [1.82, 2.24) is 10.2 Å². The number of unbranched alkanes of at least 4 members (excludes halogenated alkanes) is 1. The third-order valence-corrected chi connectivity index (χ3v) is 6.80. The van der Waals surface area contributed by atoms with Crippen molar-refractivity contribution < 1.29 is 27.1 Å². The Hall–Kier alpha value is -2.85. The van der Waals surface area contributed by atoms with Gasteiger partial charge >= 0.3 is 0 Å². The molecule has 0 aliphatic carbocycles. The molecule has 0 saturated carbocycles. The summed E-state index contributed by atoms with van der Waals surface area (Å²) in [6.07, 6.45) is 2.65. The lowest BCUT2D eigenvalue weighted by atomic mass is 10.1. The van der Waals surface area contributed by atoms with Crippen LogP contribution in [0.4, 0.5) is 10.1 Å². The lowest BCUT2D eigenvalue weighted by Crippen LogP contribution is -2.51. The van der Waals surface area contributed by atoms with E-state index < -0.39 is 34.3 Å². The van der Waals surface area contributed by atoms with Crippen LogP contribution >= 0.6 is 11.6 Å². The number of carbonyl (C=O) groups is 2. The maximum atomic E-state index is 13.4. The molecule has 2 aromatic carbocycles. The molecular weight excluding hydrogens is 497 g/mol. The Labute approximate surface area is 211 Å². The van der Waals surface area contributed by atoms with Gasteiger partial charge in [0, 0.05) is 13.1 Å². The third-order valence-electron chi connectivity index (χ3n) is 5.37. The van der Waals surface area contributed by atoms with Gasteiger partial charge in [-0.3, -0.25) is 13.9 Å². The highest BCUT2D eigenvalue weighted by Crippen LogP contribution is 2.30. The van der Waals surface area contributed by atoms with Crippen LogP contribution in [0.25, 0.3) is 0 Å². The van der Waals surface area contributed by atoms with E-state index in [2.05, 4.69) is 5.32 Å². The van der Waals surface area contributed by atoms with Crippen LogP contribution in [-0.2, 0) is 26.2 Å². The molecule has 0 aliphatic heterocycles. The van der Waals surface area contributed by atoms with Crippen molar-refractivity contribution in [3.63, 3.8) is 0 Å².